The van der Waals surface area contributed by atoms with Crippen LogP contribution in [0.25, 0.3) is 10.8 Å². The summed E-state index contributed by atoms with van der Waals surface area (Å²) in [4.78, 5) is 28.3. The van der Waals surface area contributed by atoms with Crippen molar-refractivity contribution in [3.63, 3.8) is 0 Å². The van der Waals surface area contributed by atoms with Crippen LogP contribution in [-0.2, 0) is 26.2 Å². The number of aryl methyl sites for hydroxylation is 1. The van der Waals surface area contributed by atoms with Crippen LogP contribution in [0.4, 0.5) is 5.69 Å². The zero-order valence-corrected chi connectivity index (χ0v) is 22.4. The van der Waals surface area contributed by atoms with Crippen molar-refractivity contribution in [2.75, 3.05) is 17.1 Å². The van der Waals surface area contributed by atoms with Crippen molar-refractivity contribution >= 4 is 38.3 Å². The summed E-state index contributed by atoms with van der Waals surface area (Å²) >= 11 is 0. The molecule has 0 heterocycles. The lowest BCUT2D eigenvalue weighted by Crippen LogP contribution is -2.52. The maximum absolute atomic E-state index is 13.8. The Balaban J connectivity index is 2.00. The average Bonchev–Trinajstić information content (AvgIpc) is 2.85. The van der Waals surface area contributed by atoms with Crippen LogP contribution in [0.2, 0.25) is 0 Å². The molecule has 0 bridgehead atoms. The molecule has 0 aliphatic rings. The number of hydrogen-bond donors (Lipinski definition) is 1. The van der Waals surface area contributed by atoms with Crippen LogP contribution in [0.1, 0.15) is 38.3 Å². The third-order valence-corrected chi connectivity index (χ3v) is 7.61. The molecule has 36 heavy (non-hydrogen) atoms. The minimum Gasteiger partial charge on any atom is -0.352 e. The molecular formula is C28H35N3O4S. The molecule has 2 atom stereocenters. The molecule has 3 aromatic rings. The van der Waals surface area contributed by atoms with E-state index < -0.39 is 28.5 Å². The molecule has 0 radical (unpaired) electrons. The van der Waals surface area contributed by atoms with Gasteiger partial charge >= 0.3 is 0 Å². The van der Waals surface area contributed by atoms with Crippen molar-refractivity contribution in [1.29, 1.82) is 0 Å². The molecule has 8 heteroatoms. The molecule has 0 saturated heterocycles. The summed E-state index contributed by atoms with van der Waals surface area (Å²) in [6.45, 7) is 7.27. The second-order valence-corrected chi connectivity index (χ2v) is 11.1. The number of fused-ring (bicyclic) bond motifs is 1. The first-order valence-corrected chi connectivity index (χ1v) is 14.0. The first-order valence-electron chi connectivity index (χ1n) is 12.1. The fourth-order valence-corrected chi connectivity index (χ4v) is 4.90. The van der Waals surface area contributed by atoms with E-state index in [0.29, 0.717) is 5.69 Å². The topological polar surface area (TPSA) is 86.8 Å². The molecule has 3 rings (SSSR count). The molecule has 2 amide bonds. The van der Waals surface area contributed by atoms with E-state index in [0.717, 1.165) is 38.9 Å². The van der Waals surface area contributed by atoms with Gasteiger partial charge in [-0.3, -0.25) is 13.9 Å². The van der Waals surface area contributed by atoms with Crippen LogP contribution < -0.4 is 9.62 Å². The average molecular weight is 510 g/mol. The van der Waals surface area contributed by atoms with Crippen molar-refractivity contribution < 1.29 is 18.0 Å². The summed E-state index contributed by atoms with van der Waals surface area (Å²) in [6, 6.07) is 19.6. The molecule has 1 N–H and O–H groups in total. The predicted octanol–water partition coefficient (Wildman–Crippen LogP) is 4.25. The molecule has 7 nitrogen and oxygen atoms in total. The van der Waals surface area contributed by atoms with Gasteiger partial charge in [-0.15, -0.1) is 0 Å². The Labute approximate surface area is 214 Å². The summed E-state index contributed by atoms with van der Waals surface area (Å²) in [5.74, 6) is -0.731. The van der Waals surface area contributed by atoms with E-state index in [1.165, 1.54) is 4.90 Å². The highest BCUT2D eigenvalue weighted by Crippen LogP contribution is 2.28. The molecule has 0 aromatic heterocycles. The van der Waals surface area contributed by atoms with Crippen molar-refractivity contribution in [1.82, 2.24) is 10.2 Å². The summed E-state index contributed by atoms with van der Waals surface area (Å²) < 4.78 is 26.9. The van der Waals surface area contributed by atoms with Gasteiger partial charge in [0.1, 0.15) is 12.6 Å². The SMILES string of the molecule is CCC(C)NC(=O)C(C)N(Cc1ccccc1C)C(=O)CN(c1cccc2ccccc12)S(C)(=O)=O. The Morgan fingerprint density at radius 1 is 0.944 bits per heavy atom. The molecule has 0 aliphatic carbocycles. The Bertz CT molecular complexity index is 1330. The lowest BCUT2D eigenvalue weighted by Gasteiger charge is -2.32. The molecule has 192 valence electrons. The van der Waals surface area contributed by atoms with Crippen LogP contribution in [0.15, 0.2) is 66.7 Å². The fraction of sp³-hybridized carbons (Fsp3) is 0.357. The fourth-order valence-electron chi connectivity index (χ4n) is 4.04. The standard InChI is InChI=1S/C28H35N3O4S/c1-6-21(3)29-28(33)22(4)30(18-24-14-8-7-12-20(24)2)27(32)19-31(36(5,34)35)26-17-11-15-23-13-9-10-16-25(23)26/h7-17,21-22H,6,18-19H2,1-5H3,(H,29,33). The number of anilines is 1. The van der Waals surface area contributed by atoms with Crippen LogP contribution in [-0.4, -0.2) is 50.0 Å². The number of nitrogens with zero attached hydrogens (tertiary/aromatic N) is 2. The Morgan fingerprint density at radius 3 is 2.25 bits per heavy atom. The molecular weight excluding hydrogens is 474 g/mol. The Morgan fingerprint density at radius 2 is 1.58 bits per heavy atom. The Kier molecular flexibility index (Phi) is 8.74. The molecule has 0 aliphatic heterocycles. The summed E-state index contributed by atoms with van der Waals surface area (Å²) in [6.07, 6.45) is 1.85. The van der Waals surface area contributed by atoms with E-state index in [-0.39, 0.29) is 18.5 Å². The largest absolute Gasteiger partial charge is 0.352 e. The van der Waals surface area contributed by atoms with Crippen LogP contribution in [0.3, 0.4) is 0 Å². The quantitative estimate of drug-likeness (QED) is 0.443. The van der Waals surface area contributed by atoms with E-state index in [4.69, 9.17) is 0 Å². The van der Waals surface area contributed by atoms with Gasteiger partial charge in [0, 0.05) is 18.0 Å². The summed E-state index contributed by atoms with van der Waals surface area (Å²) in [7, 11) is -3.80. The van der Waals surface area contributed by atoms with Crippen LogP contribution in [0.5, 0.6) is 0 Å². The van der Waals surface area contributed by atoms with Crippen LogP contribution in [0, 0.1) is 6.92 Å². The van der Waals surface area contributed by atoms with E-state index in [9.17, 15) is 18.0 Å². The van der Waals surface area contributed by atoms with Gasteiger partial charge in [0.05, 0.1) is 11.9 Å². The molecule has 0 fully saturated rings. The normalized spacial score (nSPS) is 13.1. The number of sulfonamides is 1. The highest BCUT2D eigenvalue weighted by atomic mass is 32.2. The number of hydrogen-bond acceptors (Lipinski definition) is 4. The third-order valence-electron chi connectivity index (χ3n) is 6.48. The molecule has 3 aromatic carbocycles. The van der Waals surface area contributed by atoms with E-state index in [2.05, 4.69) is 5.32 Å². The first-order chi connectivity index (χ1) is 17.0. The minimum atomic E-state index is -3.80. The van der Waals surface area contributed by atoms with Gasteiger partial charge in [-0.05, 0) is 49.8 Å². The highest BCUT2D eigenvalue weighted by Gasteiger charge is 2.31. The summed E-state index contributed by atoms with van der Waals surface area (Å²) in [5, 5.41) is 4.54. The number of carbonyl (C=O) groups excluding carboxylic acids is 2. The number of rotatable bonds is 10. The number of carbonyl (C=O) groups is 2. The molecule has 0 saturated carbocycles. The lowest BCUT2D eigenvalue weighted by molar-refractivity contribution is -0.139. The zero-order valence-electron chi connectivity index (χ0n) is 21.6. The van der Waals surface area contributed by atoms with Gasteiger partial charge in [-0.1, -0.05) is 67.6 Å². The highest BCUT2D eigenvalue weighted by molar-refractivity contribution is 7.92. The number of nitrogens with one attached hydrogen (secondary N) is 1. The number of amides is 2. The van der Waals surface area contributed by atoms with Crippen molar-refractivity contribution in [2.24, 2.45) is 0 Å². The summed E-state index contributed by atoms with van der Waals surface area (Å²) in [5.41, 5.74) is 2.31. The lowest BCUT2D eigenvalue weighted by atomic mass is 10.1. The minimum absolute atomic E-state index is 0.0430. The van der Waals surface area contributed by atoms with Gasteiger partial charge < -0.3 is 10.2 Å². The van der Waals surface area contributed by atoms with Crippen LogP contribution >= 0.6 is 0 Å². The monoisotopic (exact) mass is 509 g/mol. The Hall–Kier alpha value is -3.39. The van der Waals surface area contributed by atoms with Gasteiger partial charge in [0.25, 0.3) is 0 Å². The van der Waals surface area contributed by atoms with Crippen molar-refractivity contribution in [3.8, 4) is 0 Å². The van der Waals surface area contributed by atoms with E-state index >= 15 is 0 Å². The van der Waals surface area contributed by atoms with E-state index in [1.807, 2.05) is 75.4 Å². The third kappa shape index (κ3) is 6.43. The van der Waals surface area contributed by atoms with Gasteiger partial charge in [-0.25, -0.2) is 8.42 Å². The molecule has 0 spiro atoms. The smallest absolute Gasteiger partial charge is 0.244 e. The second-order valence-electron chi connectivity index (χ2n) is 9.21. The van der Waals surface area contributed by atoms with Gasteiger partial charge in [-0.2, -0.15) is 0 Å². The van der Waals surface area contributed by atoms with E-state index in [1.54, 1.807) is 19.1 Å². The first kappa shape index (κ1) is 27.2. The predicted molar refractivity (Wildman–Crippen MR) is 145 cm³/mol. The molecule has 2 unspecified atom stereocenters. The van der Waals surface area contributed by atoms with Crippen molar-refractivity contribution in [2.45, 2.75) is 52.7 Å². The zero-order chi connectivity index (χ0) is 26.5. The maximum Gasteiger partial charge on any atom is 0.244 e. The number of benzene rings is 3. The van der Waals surface area contributed by atoms with Gasteiger partial charge in [0.2, 0.25) is 21.8 Å². The van der Waals surface area contributed by atoms with Crippen molar-refractivity contribution in [3.05, 3.63) is 77.9 Å². The second kappa shape index (κ2) is 11.6. The maximum atomic E-state index is 13.8. The van der Waals surface area contributed by atoms with Gasteiger partial charge in [0.15, 0.2) is 0 Å².